The third-order valence-electron chi connectivity index (χ3n) is 5.24. The fourth-order valence-corrected chi connectivity index (χ4v) is 3.37. The monoisotopic (exact) mass is 397 g/mol. The van der Waals surface area contributed by atoms with Gasteiger partial charge in [0.15, 0.2) is 11.5 Å². The van der Waals surface area contributed by atoms with Crippen LogP contribution in [0.15, 0.2) is 42.5 Å². The van der Waals surface area contributed by atoms with Gasteiger partial charge >= 0.3 is 0 Å². The molecule has 3 nitrogen and oxygen atoms in total. The van der Waals surface area contributed by atoms with Crippen molar-refractivity contribution in [1.82, 2.24) is 5.32 Å². The van der Waals surface area contributed by atoms with E-state index in [9.17, 15) is 0 Å². The maximum atomic E-state index is 6.13. The number of nitrogens with one attached hydrogen (secondary N) is 1. The van der Waals surface area contributed by atoms with Crippen LogP contribution in [0.5, 0.6) is 11.5 Å². The highest BCUT2D eigenvalue weighted by molar-refractivity contribution is 5.46. The Kier molecular flexibility index (Phi) is 9.53. The predicted molar refractivity (Wildman–Crippen MR) is 123 cm³/mol. The Morgan fingerprint density at radius 3 is 2.24 bits per heavy atom. The zero-order valence-corrected chi connectivity index (χ0v) is 19.0. The fraction of sp³-hybridized carbons (Fsp3) is 0.538. The SMILES string of the molecule is CCCCCCCOc1c(CNCc2ccc(C(C)(C)C)cc2)cccc1OC. The summed E-state index contributed by atoms with van der Waals surface area (Å²) >= 11 is 0. The van der Waals surface area contributed by atoms with E-state index < -0.39 is 0 Å². The van der Waals surface area contributed by atoms with Crippen LogP contribution in [-0.2, 0) is 18.5 Å². The smallest absolute Gasteiger partial charge is 0.165 e. The summed E-state index contributed by atoms with van der Waals surface area (Å²) in [6.45, 7) is 11.3. The molecule has 0 saturated heterocycles. The van der Waals surface area contributed by atoms with E-state index in [0.29, 0.717) is 0 Å². The fourth-order valence-electron chi connectivity index (χ4n) is 3.37. The molecule has 29 heavy (non-hydrogen) atoms. The number of ether oxygens (including phenoxy) is 2. The molecule has 0 heterocycles. The molecule has 2 aromatic rings. The second-order valence-corrected chi connectivity index (χ2v) is 8.76. The minimum atomic E-state index is 0.190. The summed E-state index contributed by atoms with van der Waals surface area (Å²) in [5.41, 5.74) is 3.99. The summed E-state index contributed by atoms with van der Waals surface area (Å²) in [6.07, 6.45) is 6.17. The molecule has 3 heteroatoms. The molecule has 2 aromatic carbocycles. The van der Waals surface area contributed by atoms with Gasteiger partial charge in [-0.15, -0.1) is 0 Å². The summed E-state index contributed by atoms with van der Waals surface area (Å²) in [5, 5.41) is 3.55. The first-order valence-electron chi connectivity index (χ1n) is 11.0. The second kappa shape index (κ2) is 11.9. The minimum absolute atomic E-state index is 0.190. The lowest BCUT2D eigenvalue weighted by atomic mass is 9.87. The highest BCUT2D eigenvalue weighted by atomic mass is 16.5. The highest BCUT2D eigenvalue weighted by Gasteiger charge is 2.13. The summed E-state index contributed by atoms with van der Waals surface area (Å²) in [7, 11) is 1.71. The Labute approximate surface area is 177 Å². The van der Waals surface area contributed by atoms with E-state index in [-0.39, 0.29) is 5.41 Å². The van der Waals surface area contributed by atoms with Crippen molar-refractivity contribution in [3.8, 4) is 11.5 Å². The van der Waals surface area contributed by atoms with Crippen LogP contribution in [0.2, 0.25) is 0 Å². The van der Waals surface area contributed by atoms with Crippen LogP contribution >= 0.6 is 0 Å². The van der Waals surface area contributed by atoms with Gasteiger partial charge in [-0.25, -0.2) is 0 Å². The molecule has 2 rings (SSSR count). The lowest BCUT2D eigenvalue weighted by molar-refractivity contribution is 0.281. The first kappa shape index (κ1) is 23.3. The molecule has 0 amide bonds. The van der Waals surface area contributed by atoms with E-state index in [1.165, 1.54) is 36.8 Å². The van der Waals surface area contributed by atoms with E-state index in [4.69, 9.17) is 9.47 Å². The Morgan fingerprint density at radius 1 is 0.862 bits per heavy atom. The van der Waals surface area contributed by atoms with Gasteiger partial charge in [-0.1, -0.05) is 89.8 Å². The third-order valence-corrected chi connectivity index (χ3v) is 5.24. The molecule has 0 aliphatic heterocycles. The van der Waals surface area contributed by atoms with E-state index in [0.717, 1.165) is 43.2 Å². The van der Waals surface area contributed by atoms with Gasteiger partial charge in [-0.05, 0) is 29.0 Å². The van der Waals surface area contributed by atoms with Crippen LogP contribution in [0.1, 0.15) is 76.5 Å². The Balaban J connectivity index is 1.90. The molecular formula is C26H39NO2. The van der Waals surface area contributed by atoms with Crippen molar-refractivity contribution in [1.29, 1.82) is 0 Å². The van der Waals surface area contributed by atoms with Crippen LogP contribution in [0, 0.1) is 0 Å². The molecular weight excluding hydrogens is 358 g/mol. The quantitative estimate of drug-likeness (QED) is 0.408. The number of para-hydroxylation sites is 1. The lowest BCUT2D eigenvalue weighted by Crippen LogP contribution is -2.15. The molecule has 0 spiro atoms. The molecule has 0 unspecified atom stereocenters. The number of methoxy groups -OCH3 is 1. The van der Waals surface area contributed by atoms with Crippen LogP contribution in [-0.4, -0.2) is 13.7 Å². The molecule has 0 fully saturated rings. The topological polar surface area (TPSA) is 30.5 Å². The van der Waals surface area contributed by atoms with Gasteiger partial charge in [0.25, 0.3) is 0 Å². The zero-order valence-electron chi connectivity index (χ0n) is 19.0. The Morgan fingerprint density at radius 2 is 1.59 bits per heavy atom. The maximum Gasteiger partial charge on any atom is 0.165 e. The van der Waals surface area contributed by atoms with Gasteiger partial charge in [-0.2, -0.15) is 0 Å². The Bertz CT molecular complexity index is 716. The van der Waals surface area contributed by atoms with Gasteiger partial charge in [0.2, 0.25) is 0 Å². The summed E-state index contributed by atoms with van der Waals surface area (Å²) in [4.78, 5) is 0. The number of hydrogen-bond acceptors (Lipinski definition) is 3. The number of rotatable bonds is 12. The van der Waals surface area contributed by atoms with Gasteiger partial charge < -0.3 is 14.8 Å². The van der Waals surface area contributed by atoms with Crippen LogP contribution < -0.4 is 14.8 Å². The molecule has 0 radical (unpaired) electrons. The van der Waals surface area contributed by atoms with Crippen molar-refractivity contribution in [2.75, 3.05) is 13.7 Å². The predicted octanol–water partition coefficient (Wildman–Crippen LogP) is 6.63. The molecule has 160 valence electrons. The molecule has 0 aromatic heterocycles. The Hall–Kier alpha value is -2.00. The van der Waals surface area contributed by atoms with Gasteiger partial charge in [0, 0.05) is 18.7 Å². The molecule has 0 atom stereocenters. The van der Waals surface area contributed by atoms with Gasteiger partial charge in [-0.3, -0.25) is 0 Å². The molecule has 0 aliphatic carbocycles. The van der Waals surface area contributed by atoms with Crippen molar-refractivity contribution in [3.63, 3.8) is 0 Å². The molecule has 0 bridgehead atoms. The number of unbranched alkanes of at least 4 members (excludes halogenated alkanes) is 4. The van der Waals surface area contributed by atoms with Crippen molar-refractivity contribution < 1.29 is 9.47 Å². The highest BCUT2D eigenvalue weighted by Crippen LogP contribution is 2.31. The van der Waals surface area contributed by atoms with E-state index >= 15 is 0 Å². The van der Waals surface area contributed by atoms with Crippen molar-refractivity contribution in [3.05, 3.63) is 59.2 Å². The number of hydrogen-bond donors (Lipinski definition) is 1. The average molecular weight is 398 g/mol. The van der Waals surface area contributed by atoms with Crippen LogP contribution in [0.25, 0.3) is 0 Å². The summed E-state index contributed by atoms with van der Waals surface area (Å²) in [5.74, 6) is 1.69. The minimum Gasteiger partial charge on any atom is -0.493 e. The van der Waals surface area contributed by atoms with Crippen molar-refractivity contribution in [2.45, 2.75) is 78.3 Å². The van der Waals surface area contributed by atoms with E-state index in [1.54, 1.807) is 7.11 Å². The normalized spacial score (nSPS) is 11.5. The van der Waals surface area contributed by atoms with Crippen LogP contribution in [0.3, 0.4) is 0 Å². The van der Waals surface area contributed by atoms with Gasteiger partial charge in [0.05, 0.1) is 13.7 Å². The van der Waals surface area contributed by atoms with Gasteiger partial charge in [0.1, 0.15) is 0 Å². The first-order valence-corrected chi connectivity index (χ1v) is 11.0. The molecule has 1 N–H and O–H groups in total. The summed E-state index contributed by atoms with van der Waals surface area (Å²) < 4.78 is 11.7. The molecule has 0 saturated carbocycles. The average Bonchev–Trinajstić information content (AvgIpc) is 2.71. The van der Waals surface area contributed by atoms with Crippen molar-refractivity contribution >= 4 is 0 Å². The lowest BCUT2D eigenvalue weighted by Gasteiger charge is -2.19. The first-order chi connectivity index (χ1) is 14.0. The maximum absolute atomic E-state index is 6.13. The zero-order chi connectivity index (χ0) is 21.1. The largest absolute Gasteiger partial charge is 0.493 e. The second-order valence-electron chi connectivity index (χ2n) is 8.76. The molecule has 0 aliphatic rings. The summed E-state index contributed by atoms with van der Waals surface area (Å²) in [6, 6.07) is 15.0. The van der Waals surface area contributed by atoms with E-state index in [1.807, 2.05) is 12.1 Å². The van der Waals surface area contributed by atoms with Crippen molar-refractivity contribution in [2.24, 2.45) is 0 Å². The standard InChI is InChI=1S/C26H39NO2/c1-6-7-8-9-10-18-29-25-22(12-11-13-24(25)28-5)20-27-19-21-14-16-23(17-15-21)26(2,3)4/h11-17,27H,6-10,18-20H2,1-5H3. The third kappa shape index (κ3) is 7.74. The van der Waals surface area contributed by atoms with Crippen LogP contribution in [0.4, 0.5) is 0 Å². The number of benzene rings is 2. The van der Waals surface area contributed by atoms with E-state index in [2.05, 4.69) is 63.3 Å².